The molecule has 1 atom stereocenters. The molecule has 0 fully saturated rings. The van der Waals surface area contributed by atoms with E-state index in [0.717, 1.165) is 9.13 Å². The van der Waals surface area contributed by atoms with E-state index in [-0.39, 0.29) is 10.8 Å². The van der Waals surface area contributed by atoms with E-state index in [1.807, 2.05) is 37.3 Å². The van der Waals surface area contributed by atoms with Crippen molar-refractivity contribution in [2.75, 3.05) is 13.7 Å². The third kappa shape index (κ3) is 4.21. The number of sulfonamides is 1. The summed E-state index contributed by atoms with van der Waals surface area (Å²) in [5, 5.41) is 0. The Labute approximate surface area is 145 Å². The molecule has 2 rings (SSSR count). The smallest absolute Gasteiger partial charge is 0.240 e. The Morgan fingerprint density at radius 3 is 2.45 bits per heavy atom. The van der Waals surface area contributed by atoms with Crippen molar-refractivity contribution >= 4 is 32.6 Å². The van der Waals surface area contributed by atoms with E-state index in [1.165, 1.54) is 0 Å². The molecule has 0 saturated carbocycles. The predicted octanol–water partition coefficient (Wildman–Crippen LogP) is 3.38. The summed E-state index contributed by atoms with van der Waals surface area (Å²) in [6.45, 7) is 2.35. The number of methoxy groups -OCH3 is 1. The standard InChI is InChI=1S/C16H18INO3S/c1-12(13-6-4-3-5-7-13)11-18-22(19,20)14-8-9-16(21-2)15(17)10-14/h3-10,12,18H,11H2,1-2H3/t12-/m0/s1. The van der Waals surface area contributed by atoms with Crippen molar-refractivity contribution in [1.29, 1.82) is 0 Å². The SMILES string of the molecule is COc1ccc(S(=O)(=O)NC[C@H](C)c2ccccc2)cc1I. The highest BCUT2D eigenvalue weighted by Gasteiger charge is 2.17. The first kappa shape index (κ1) is 17.2. The highest BCUT2D eigenvalue weighted by atomic mass is 127. The molecule has 0 bridgehead atoms. The van der Waals surface area contributed by atoms with Gasteiger partial charge in [0.25, 0.3) is 0 Å². The number of hydrogen-bond acceptors (Lipinski definition) is 3. The minimum absolute atomic E-state index is 0.105. The van der Waals surface area contributed by atoms with Gasteiger partial charge in [-0.25, -0.2) is 13.1 Å². The molecule has 0 aliphatic rings. The van der Waals surface area contributed by atoms with Crippen LogP contribution >= 0.6 is 22.6 Å². The van der Waals surface area contributed by atoms with E-state index in [1.54, 1.807) is 25.3 Å². The Morgan fingerprint density at radius 2 is 1.86 bits per heavy atom. The lowest BCUT2D eigenvalue weighted by atomic mass is 10.0. The molecular formula is C16H18INO3S. The van der Waals surface area contributed by atoms with Crippen LogP contribution in [0, 0.1) is 3.57 Å². The van der Waals surface area contributed by atoms with Gasteiger partial charge >= 0.3 is 0 Å². The van der Waals surface area contributed by atoms with Crippen LogP contribution in [0.1, 0.15) is 18.4 Å². The molecule has 0 amide bonds. The van der Waals surface area contributed by atoms with Crippen LogP contribution in [-0.4, -0.2) is 22.1 Å². The van der Waals surface area contributed by atoms with Crippen LogP contribution in [-0.2, 0) is 10.0 Å². The molecule has 1 N–H and O–H groups in total. The third-order valence-electron chi connectivity index (χ3n) is 3.38. The summed E-state index contributed by atoms with van der Waals surface area (Å²) in [6, 6.07) is 14.7. The van der Waals surface area contributed by atoms with Gasteiger partial charge < -0.3 is 4.74 Å². The van der Waals surface area contributed by atoms with Crippen LogP contribution < -0.4 is 9.46 Å². The summed E-state index contributed by atoms with van der Waals surface area (Å²) in [5.41, 5.74) is 1.11. The van der Waals surface area contributed by atoms with Crippen LogP contribution in [0.5, 0.6) is 5.75 Å². The normalized spacial score (nSPS) is 12.9. The van der Waals surface area contributed by atoms with Crippen LogP contribution in [0.25, 0.3) is 0 Å². The lowest BCUT2D eigenvalue weighted by molar-refractivity contribution is 0.411. The number of ether oxygens (including phenoxy) is 1. The zero-order valence-corrected chi connectivity index (χ0v) is 15.4. The first-order valence-electron chi connectivity index (χ1n) is 6.82. The van der Waals surface area contributed by atoms with Crippen molar-refractivity contribution in [2.45, 2.75) is 17.7 Å². The maximum atomic E-state index is 12.4. The summed E-state index contributed by atoms with van der Waals surface area (Å²) in [5.74, 6) is 0.769. The first-order chi connectivity index (χ1) is 10.4. The Hall–Kier alpha value is -1.12. The second kappa shape index (κ2) is 7.43. The van der Waals surface area contributed by atoms with Gasteiger partial charge in [-0.3, -0.25) is 0 Å². The molecule has 2 aromatic carbocycles. The van der Waals surface area contributed by atoms with Crippen molar-refractivity contribution in [1.82, 2.24) is 4.72 Å². The lowest BCUT2D eigenvalue weighted by Crippen LogP contribution is -2.27. The molecule has 0 aromatic heterocycles. The molecule has 0 saturated heterocycles. The highest BCUT2D eigenvalue weighted by Crippen LogP contribution is 2.24. The fraction of sp³-hybridized carbons (Fsp3) is 0.250. The van der Waals surface area contributed by atoms with Gasteiger partial charge in [-0.2, -0.15) is 0 Å². The van der Waals surface area contributed by atoms with Gasteiger partial charge in [0, 0.05) is 6.54 Å². The molecular weight excluding hydrogens is 413 g/mol. The van der Waals surface area contributed by atoms with Crippen LogP contribution in [0.3, 0.4) is 0 Å². The third-order valence-corrected chi connectivity index (χ3v) is 5.65. The molecule has 0 heterocycles. The molecule has 22 heavy (non-hydrogen) atoms. The average Bonchev–Trinajstić information content (AvgIpc) is 2.53. The van der Waals surface area contributed by atoms with Crippen molar-refractivity contribution in [3.05, 3.63) is 57.7 Å². The van der Waals surface area contributed by atoms with Gasteiger partial charge in [-0.1, -0.05) is 37.3 Å². The first-order valence-corrected chi connectivity index (χ1v) is 9.38. The Kier molecular flexibility index (Phi) is 5.82. The van der Waals surface area contributed by atoms with E-state index >= 15 is 0 Å². The zero-order valence-electron chi connectivity index (χ0n) is 12.4. The summed E-state index contributed by atoms with van der Waals surface area (Å²) in [7, 11) is -1.96. The van der Waals surface area contributed by atoms with Gasteiger partial charge in [-0.15, -0.1) is 0 Å². The summed E-state index contributed by atoms with van der Waals surface area (Å²) in [4.78, 5) is 0.248. The van der Waals surface area contributed by atoms with Crippen LogP contribution in [0.2, 0.25) is 0 Å². The second-order valence-corrected chi connectivity index (χ2v) is 7.89. The van der Waals surface area contributed by atoms with Crippen molar-refractivity contribution in [3.8, 4) is 5.75 Å². The summed E-state index contributed by atoms with van der Waals surface area (Å²) >= 11 is 2.06. The molecule has 0 spiro atoms. The molecule has 6 heteroatoms. The Morgan fingerprint density at radius 1 is 1.18 bits per heavy atom. The molecule has 0 radical (unpaired) electrons. The number of halogens is 1. The fourth-order valence-corrected chi connectivity index (χ4v) is 4.13. The predicted molar refractivity (Wildman–Crippen MR) is 95.8 cm³/mol. The quantitative estimate of drug-likeness (QED) is 0.714. The highest BCUT2D eigenvalue weighted by molar-refractivity contribution is 14.1. The maximum absolute atomic E-state index is 12.4. The van der Waals surface area contributed by atoms with E-state index in [0.29, 0.717) is 12.3 Å². The molecule has 0 aliphatic carbocycles. The zero-order chi connectivity index (χ0) is 16.2. The minimum Gasteiger partial charge on any atom is -0.496 e. The van der Waals surface area contributed by atoms with E-state index in [2.05, 4.69) is 27.3 Å². The maximum Gasteiger partial charge on any atom is 0.240 e. The summed E-state index contributed by atoms with van der Waals surface area (Å²) < 4.78 is 33.3. The monoisotopic (exact) mass is 431 g/mol. The molecule has 0 unspecified atom stereocenters. The van der Waals surface area contributed by atoms with Gasteiger partial charge in [-0.05, 0) is 52.3 Å². The van der Waals surface area contributed by atoms with Crippen molar-refractivity contribution in [2.24, 2.45) is 0 Å². The molecule has 0 aliphatic heterocycles. The molecule has 118 valence electrons. The topological polar surface area (TPSA) is 55.4 Å². The van der Waals surface area contributed by atoms with Crippen LogP contribution in [0.15, 0.2) is 53.4 Å². The Bertz CT molecular complexity index is 732. The van der Waals surface area contributed by atoms with E-state index in [9.17, 15) is 8.42 Å². The average molecular weight is 431 g/mol. The number of hydrogen-bond donors (Lipinski definition) is 1. The van der Waals surface area contributed by atoms with Crippen LogP contribution in [0.4, 0.5) is 0 Å². The van der Waals surface area contributed by atoms with E-state index < -0.39 is 10.0 Å². The van der Waals surface area contributed by atoms with E-state index in [4.69, 9.17) is 4.74 Å². The van der Waals surface area contributed by atoms with Crippen molar-refractivity contribution < 1.29 is 13.2 Å². The summed E-state index contributed by atoms with van der Waals surface area (Å²) in [6.07, 6.45) is 0. The minimum atomic E-state index is -3.52. The second-order valence-electron chi connectivity index (χ2n) is 4.96. The van der Waals surface area contributed by atoms with Crippen molar-refractivity contribution in [3.63, 3.8) is 0 Å². The molecule has 2 aromatic rings. The number of rotatable bonds is 6. The Balaban J connectivity index is 2.10. The van der Waals surface area contributed by atoms with Gasteiger partial charge in [0.1, 0.15) is 5.75 Å². The lowest BCUT2D eigenvalue weighted by Gasteiger charge is -2.14. The molecule has 4 nitrogen and oxygen atoms in total. The van der Waals surface area contributed by atoms with Gasteiger partial charge in [0.2, 0.25) is 10.0 Å². The largest absolute Gasteiger partial charge is 0.496 e. The van der Waals surface area contributed by atoms with Gasteiger partial charge in [0.05, 0.1) is 15.6 Å². The fourth-order valence-electron chi connectivity index (χ4n) is 2.03. The number of nitrogens with one attached hydrogen (secondary N) is 1. The van der Waals surface area contributed by atoms with Gasteiger partial charge in [0.15, 0.2) is 0 Å². The number of benzene rings is 2.